The van der Waals surface area contributed by atoms with Crippen molar-refractivity contribution in [3.63, 3.8) is 0 Å². The van der Waals surface area contributed by atoms with Gasteiger partial charge in [0.05, 0.1) is 23.9 Å². The Labute approximate surface area is 256 Å². The first-order valence-corrected chi connectivity index (χ1v) is 16.1. The van der Waals surface area contributed by atoms with Gasteiger partial charge in [0.15, 0.2) is 0 Å². The number of carbonyl (C=O) groups excluding carboxylic acids is 4. The van der Waals surface area contributed by atoms with Crippen LogP contribution in [-0.2, 0) is 45.4 Å². The zero-order valence-electron chi connectivity index (χ0n) is 21.7. The number of aliphatic carboxylic acids is 4. The van der Waals surface area contributed by atoms with Crippen LogP contribution in [-0.4, -0.2) is 96.1 Å². The van der Waals surface area contributed by atoms with Gasteiger partial charge in [0.25, 0.3) is 0 Å². The molecule has 12 nitrogen and oxygen atoms in total. The quantitative estimate of drug-likeness (QED) is 0.119. The maximum Gasteiger partial charge on any atom is 4.00 e. The molecule has 0 aliphatic rings. The molecule has 216 valence electrons. The van der Waals surface area contributed by atoms with E-state index >= 15 is 0 Å². The Hall–Kier alpha value is 0.00312. The summed E-state index contributed by atoms with van der Waals surface area (Å²) in [5, 5.41) is 39.8. The summed E-state index contributed by atoms with van der Waals surface area (Å²) in [5.74, 6) is -1.56. The fourth-order valence-corrected chi connectivity index (χ4v) is 3.41. The summed E-state index contributed by atoms with van der Waals surface area (Å²) >= 11 is 6.30. The van der Waals surface area contributed by atoms with Gasteiger partial charge < -0.3 is 62.5 Å². The molecule has 0 aliphatic heterocycles. The summed E-state index contributed by atoms with van der Waals surface area (Å²) < 4.78 is 0. The van der Waals surface area contributed by atoms with Crippen LogP contribution in [0.4, 0.5) is 0 Å². The van der Waals surface area contributed by atoms with E-state index in [1.165, 1.54) is 0 Å². The Bertz CT molecular complexity index is 490. The molecule has 0 aromatic carbocycles. The van der Waals surface area contributed by atoms with E-state index in [-0.39, 0.29) is 26.2 Å². The van der Waals surface area contributed by atoms with Crippen molar-refractivity contribution in [3.05, 3.63) is 0 Å². The molecule has 37 heavy (non-hydrogen) atoms. The number of thioether (sulfide) groups is 4. The zero-order chi connectivity index (χ0) is 29.1. The number of carbonyl (C=O) groups is 4. The molecule has 0 radical (unpaired) electrons. The molecule has 17 heteroatoms. The number of rotatable bonds is 16. The number of nitrogens with two attached hydrogens (primary N) is 4. The second kappa shape index (κ2) is 34.0. The van der Waals surface area contributed by atoms with E-state index in [1.54, 1.807) is 47.0 Å². The molecular weight excluding hydrogens is 644 g/mol. The molecule has 0 bridgehead atoms. The summed E-state index contributed by atoms with van der Waals surface area (Å²) in [6.07, 6.45) is 9.58. The van der Waals surface area contributed by atoms with Crippen LogP contribution in [0.2, 0.25) is 0 Å². The molecule has 0 unspecified atom stereocenters. The predicted molar refractivity (Wildman–Crippen MR) is 144 cm³/mol. The number of carboxylic acids is 4. The van der Waals surface area contributed by atoms with Crippen LogP contribution in [0, 0.1) is 0 Å². The van der Waals surface area contributed by atoms with Gasteiger partial charge in [0.1, 0.15) is 0 Å². The Morgan fingerprint density at radius 1 is 0.486 bits per heavy atom. The van der Waals surface area contributed by atoms with Crippen LogP contribution < -0.4 is 43.4 Å². The first kappa shape index (κ1) is 46.8. The summed E-state index contributed by atoms with van der Waals surface area (Å²) in [4.78, 5) is 39.8. The van der Waals surface area contributed by atoms with Crippen molar-refractivity contribution >= 4 is 70.9 Å². The Kier molecular flexibility index (Phi) is 43.1. The predicted octanol–water partition coefficient (Wildman–Crippen LogP) is -4.74. The fraction of sp³-hybridized carbons (Fsp3) is 0.800. The maximum absolute atomic E-state index is 9.96. The van der Waals surface area contributed by atoms with Crippen LogP contribution >= 0.6 is 47.0 Å². The van der Waals surface area contributed by atoms with Gasteiger partial charge in [0, 0.05) is 24.2 Å². The molecule has 0 rings (SSSR count). The second-order valence-corrected chi connectivity index (χ2v) is 10.8. The Morgan fingerprint density at radius 2 is 0.622 bits per heavy atom. The molecule has 0 fully saturated rings. The topological polar surface area (TPSA) is 265 Å². The monoisotopic (exact) mass is 682 g/mol. The molecule has 0 spiro atoms. The third kappa shape index (κ3) is 40.6. The van der Waals surface area contributed by atoms with Crippen LogP contribution in [0.3, 0.4) is 0 Å². The van der Waals surface area contributed by atoms with E-state index < -0.39 is 48.0 Å². The normalized spacial score (nSPS) is 12.8. The third-order valence-electron chi connectivity index (χ3n) is 3.74. The van der Waals surface area contributed by atoms with E-state index in [9.17, 15) is 39.6 Å². The largest absolute Gasteiger partial charge is 4.00 e. The van der Waals surface area contributed by atoms with E-state index in [2.05, 4.69) is 0 Å². The second-order valence-electron chi connectivity index (χ2n) is 6.83. The smallest absolute Gasteiger partial charge is 0.548 e. The zero-order valence-corrected chi connectivity index (χ0v) is 27.4. The minimum Gasteiger partial charge on any atom is -0.548 e. The van der Waals surface area contributed by atoms with Crippen LogP contribution in [0.25, 0.3) is 0 Å². The first-order chi connectivity index (χ1) is 16.7. The summed E-state index contributed by atoms with van der Waals surface area (Å²) in [5.41, 5.74) is 20.5. The van der Waals surface area contributed by atoms with Gasteiger partial charge in [-0.3, -0.25) is 0 Å². The Morgan fingerprint density at radius 3 is 0.703 bits per heavy atom. The van der Waals surface area contributed by atoms with Gasteiger partial charge in [-0.2, -0.15) is 47.0 Å². The van der Waals surface area contributed by atoms with Gasteiger partial charge in [-0.05, 0) is 73.7 Å². The SMILES string of the molecule is CSCC[C@H](N)C(=O)[O-].CSCC[C@H](N)C(=O)[O-].CSCC[C@H](N)C(=O)[O-].CSCC[C@H](N)C(=O)[O-].[Zr+4]. The molecular formula is C20H40N4O8S4Zr. The summed E-state index contributed by atoms with van der Waals surface area (Å²) in [6.45, 7) is 0. The van der Waals surface area contributed by atoms with Crippen molar-refractivity contribution in [1.82, 2.24) is 0 Å². The first-order valence-electron chi connectivity index (χ1n) is 10.5. The molecule has 4 atom stereocenters. The van der Waals surface area contributed by atoms with Crippen molar-refractivity contribution in [1.29, 1.82) is 0 Å². The van der Waals surface area contributed by atoms with Gasteiger partial charge >= 0.3 is 26.2 Å². The van der Waals surface area contributed by atoms with Crippen molar-refractivity contribution < 1.29 is 65.8 Å². The van der Waals surface area contributed by atoms with Crippen molar-refractivity contribution in [3.8, 4) is 0 Å². The molecule has 0 aromatic heterocycles. The summed E-state index contributed by atoms with van der Waals surface area (Å²) in [7, 11) is 0. The van der Waals surface area contributed by atoms with Gasteiger partial charge in [0.2, 0.25) is 0 Å². The van der Waals surface area contributed by atoms with Gasteiger partial charge in [-0.25, -0.2) is 0 Å². The van der Waals surface area contributed by atoms with E-state index in [0.717, 1.165) is 23.0 Å². The van der Waals surface area contributed by atoms with E-state index in [0.29, 0.717) is 25.7 Å². The fourth-order valence-electron chi connectivity index (χ4n) is 1.45. The van der Waals surface area contributed by atoms with Crippen LogP contribution in [0.15, 0.2) is 0 Å². The molecule has 0 amide bonds. The number of hydrogen-bond donors (Lipinski definition) is 4. The maximum atomic E-state index is 9.96. The molecule has 0 heterocycles. The Balaban J connectivity index is -0.000000122. The molecule has 0 saturated carbocycles. The average molecular weight is 684 g/mol. The number of hydrogen-bond acceptors (Lipinski definition) is 16. The minimum atomic E-state index is -1.16. The van der Waals surface area contributed by atoms with E-state index in [4.69, 9.17) is 22.9 Å². The standard InChI is InChI=1S/4C5H11NO2S.Zr/c4*1-9-3-2-4(6)5(7)8;/h4*4H,2-3,6H2,1H3,(H,7,8);/q;;;;+4/p-4/t4*4-;/m0000./s1. The average Bonchev–Trinajstić information content (AvgIpc) is 2.83. The molecule has 8 N–H and O–H groups in total. The number of carboxylic acid groups (broad SMARTS) is 4. The summed E-state index contributed by atoms with van der Waals surface area (Å²) in [6, 6.07) is -3.18. The van der Waals surface area contributed by atoms with Crippen molar-refractivity contribution in [2.45, 2.75) is 49.9 Å². The molecule has 0 aliphatic carbocycles. The third-order valence-corrected chi connectivity index (χ3v) is 6.32. The van der Waals surface area contributed by atoms with E-state index in [1.807, 2.05) is 25.0 Å². The van der Waals surface area contributed by atoms with Gasteiger partial charge in [-0.15, -0.1) is 0 Å². The minimum absolute atomic E-state index is 0. The van der Waals surface area contributed by atoms with Crippen molar-refractivity contribution in [2.75, 3.05) is 48.0 Å². The molecule has 0 saturated heterocycles. The van der Waals surface area contributed by atoms with Gasteiger partial charge in [-0.1, -0.05) is 0 Å². The molecule has 0 aromatic rings. The van der Waals surface area contributed by atoms with Crippen LogP contribution in [0.5, 0.6) is 0 Å². The van der Waals surface area contributed by atoms with Crippen LogP contribution in [0.1, 0.15) is 25.7 Å². The van der Waals surface area contributed by atoms with Crippen molar-refractivity contribution in [2.24, 2.45) is 22.9 Å².